The third kappa shape index (κ3) is 6.62. The first-order valence-electron chi connectivity index (χ1n) is 4.61. The van der Waals surface area contributed by atoms with Gasteiger partial charge in [0, 0.05) is 6.54 Å². The maximum absolute atomic E-state index is 10.9. The molecule has 0 bridgehead atoms. The molecule has 0 aliphatic carbocycles. The Hall–Kier alpha value is -0.870. The van der Waals surface area contributed by atoms with Crippen LogP contribution >= 0.6 is 0 Å². The van der Waals surface area contributed by atoms with Gasteiger partial charge in [-0.3, -0.25) is 4.79 Å². The van der Waals surface area contributed by atoms with Crippen LogP contribution in [0, 0.1) is 0 Å². The number of esters is 1. The molecule has 0 saturated heterocycles. The number of hydrogen-bond acceptors (Lipinski definition) is 4. The highest BCUT2D eigenvalue weighted by atomic mass is 16.5. The van der Waals surface area contributed by atoms with E-state index in [-0.39, 0.29) is 12.0 Å². The maximum atomic E-state index is 10.9. The maximum Gasteiger partial charge on any atom is 0.322 e. The van der Waals surface area contributed by atoms with Gasteiger partial charge in [-0.1, -0.05) is 12.2 Å². The van der Waals surface area contributed by atoms with Crippen molar-refractivity contribution in [3.05, 3.63) is 12.2 Å². The van der Waals surface area contributed by atoms with E-state index in [0.29, 0.717) is 19.8 Å². The van der Waals surface area contributed by atoms with Crippen LogP contribution in [0.5, 0.6) is 0 Å². The van der Waals surface area contributed by atoms with Crippen molar-refractivity contribution in [1.82, 2.24) is 5.32 Å². The Balaban J connectivity index is 3.36. The second-order valence-corrected chi connectivity index (χ2v) is 3.21. The highest BCUT2D eigenvalue weighted by molar-refractivity contribution is 5.74. The van der Waals surface area contributed by atoms with Crippen LogP contribution in [-0.2, 0) is 14.3 Å². The smallest absolute Gasteiger partial charge is 0.322 e. The molecule has 0 aromatic carbocycles. The van der Waals surface area contributed by atoms with Crippen molar-refractivity contribution in [2.75, 3.05) is 26.9 Å². The highest BCUT2D eigenvalue weighted by Gasteiger charge is 2.10. The van der Waals surface area contributed by atoms with Crippen molar-refractivity contribution in [2.24, 2.45) is 0 Å². The van der Waals surface area contributed by atoms with Gasteiger partial charge in [-0.05, 0) is 13.8 Å². The van der Waals surface area contributed by atoms with Crippen LogP contribution in [0.2, 0.25) is 0 Å². The fourth-order valence-electron chi connectivity index (χ4n) is 0.854. The minimum atomic E-state index is -0.284. The van der Waals surface area contributed by atoms with Crippen LogP contribution in [-0.4, -0.2) is 38.9 Å². The van der Waals surface area contributed by atoms with Gasteiger partial charge < -0.3 is 14.8 Å². The average molecular weight is 201 g/mol. The predicted molar refractivity (Wildman–Crippen MR) is 55.1 cm³/mol. The Morgan fingerprint density at radius 2 is 2.21 bits per heavy atom. The van der Waals surface area contributed by atoms with Crippen LogP contribution in [0.4, 0.5) is 0 Å². The SMILES string of the molecule is C=C(C)COCCNC(C)C(=O)OC. The molecule has 0 aliphatic heterocycles. The standard InChI is InChI=1S/C10H19NO3/c1-8(2)7-14-6-5-11-9(3)10(12)13-4/h9,11H,1,5-7H2,2-4H3. The number of carbonyl (C=O) groups excluding carboxylic acids is 1. The average Bonchev–Trinajstić information content (AvgIpc) is 2.15. The molecule has 14 heavy (non-hydrogen) atoms. The fourth-order valence-corrected chi connectivity index (χ4v) is 0.854. The highest BCUT2D eigenvalue weighted by Crippen LogP contribution is 1.88. The molecule has 1 atom stereocenters. The first-order chi connectivity index (χ1) is 6.57. The molecule has 0 aliphatic rings. The molecule has 4 heteroatoms. The molecular formula is C10H19NO3. The number of ether oxygens (including phenoxy) is 2. The van der Waals surface area contributed by atoms with E-state index in [1.807, 2.05) is 6.92 Å². The molecule has 0 aromatic heterocycles. The number of methoxy groups -OCH3 is 1. The summed E-state index contributed by atoms with van der Waals surface area (Å²) in [6, 6.07) is -0.284. The molecule has 0 amide bonds. The van der Waals surface area contributed by atoms with E-state index in [4.69, 9.17) is 4.74 Å². The molecular weight excluding hydrogens is 182 g/mol. The normalized spacial score (nSPS) is 12.2. The van der Waals surface area contributed by atoms with Crippen LogP contribution < -0.4 is 5.32 Å². The van der Waals surface area contributed by atoms with Crippen molar-refractivity contribution in [3.8, 4) is 0 Å². The molecule has 4 nitrogen and oxygen atoms in total. The Bertz CT molecular complexity index is 192. The topological polar surface area (TPSA) is 47.6 Å². The number of hydrogen-bond donors (Lipinski definition) is 1. The van der Waals surface area contributed by atoms with E-state index < -0.39 is 0 Å². The van der Waals surface area contributed by atoms with Gasteiger partial charge in [0.2, 0.25) is 0 Å². The largest absolute Gasteiger partial charge is 0.468 e. The lowest BCUT2D eigenvalue weighted by Gasteiger charge is -2.11. The van der Waals surface area contributed by atoms with Crippen molar-refractivity contribution >= 4 is 5.97 Å². The second kappa shape index (κ2) is 7.53. The molecule has 82 valence electrons. The van der Waals surface area contributed by atoms with Gasteiger partial charge in [0.25, 0.3) is 0 Å². The van der Waals surface area contributed by atoms with Crippen molar-refractivity contribution in [3.63, 3.8) is 0 Å². The zero-order valence-electron chi connectivity index (χ0n) is 9.13. The summed E-state index contributed by atoms with van der Waals surface area (Å²) in [6.07, 6.45) is 0. The van der Waals surface area contributed by atoms with Crippen molar-refractivity contribution < 1.29 is 14.3 Å². The van der Waals surface area contributed by atoms with Crippen LogP contribution in [0.3, 0.4) is 0 Å². The summed E-state index contributed by atoms with van der Waals surface area (Å²) in [7, 11) is 1.37. The summed E-state index contributed by atoms with van der Waals surface area (Å²) in [4.78, 5) is 10.9. The van der Waals surface area contributed by atoms with E-state index in [2.05, 4.69) is 16.6 Å². The van der Waals surface area contributed by atoms with Crippen LogP contribution in [0.15, 0.2) is 12.2 Å². The predicted octanol–water partition coefficient (Wildman–Crippen LogP) is 0.730. The number of carbonyl (C=O) groups is 1. The first kappa shape index (κ1) is 13.1. The summed E-state index contributed by atoms with van der Waals surface area (Å²) in [5, 5.41) is 2.98. The van der Waals surface area contributed by atoms with Gasteiger partial charge in [-0.15, -0.1) is 0 Å². The van der Waals surface area contributed by atoms with Gasteiger partial charge in [0.1, 0.15) is 6.04 Å². The summed E-state index contributed by atoms with van der Waals surface area (Å²) in [5.41, 5.74) is 0.992. The lowest BCUT2D eigenvalue weighted by Crippen LogP contribution is -2.36. The molecule has 1 N–H and O–H groups in total. The van der Waals surface area contributed by atoms with E-state index in [9.17, 15) is 4.79 Å². The van der Waals surface area contributed by atoms with E-state index >= 15 is 0 Å². The molecule has 0 fully saturated rings. The van der Waals surface area contributed by atoms with Crippen molar-refractivity contribution in [1.29, 1.82) is 0 Å². The quantitative estimate of drug-likeness (QED) is 0.375. The summed E-state index contributed by atoms with van der Waals surface area (Å²) in [5.74, 6) is -0.259. The first-order valence-corrected chi connectivity index (χ1v) is 4.61. The van der Waals surface area contributed by atoms with Gasteiger partial charge in [0.05, 0.1) is 20.3 Å². The number of nitrogens with one attached hydrogen (secondary N) is 1. The third-order valence-electron chi connectivity index (χ3n) is 1.60. The van der Waals surface area contributed by atoms with Gasteiger partial charge in [-0.25, -0.2) is 0 Å². The van der Waals surface area contributed by atoms with Crippen LogP contribution in [0.25, 0.3) is 0 Å². The second-order valence-electron chi connectivity index (χ2n) is 3.21. The van der Waals surface area contributed by atoms with Crippen LogP contribution in [0.1, 0.15) is 13.8 Å². The lowest BCUT2D eigenvalue weighted by molar-refractivity contribution is -0.142. The molecule has 1 unspecified atom stereocenters. The van der Waals surface area contributed by atoms with E-state index in [1.165, 1.54) is 7.11 Å². The molecule has 0 rings (SSSR count). The van der Waals surface area contributed by atoms with Gasteiger partial charge >= 0.3 is 5.97 Å². The Labute approximate surface area is 85.3 Å². The zero-order chi connectivity index (χ0) is 11.0. The fraction of sp³-hybridized carbons (Fsp3) is 0.700. The summed E-state index contributed by atoms with van der Waals surface area (Å²) in [6.45, 7) is 9.13. The van der Waals surface area contributed by atoms with Crippen molar-refractivity contribution in [2.45, 2.75) is 19.9 Å². The molecule has 0 saturated carbocycles. The summed E-state index contributed by atoms with van der Waals surface area (Å²) >= 11 is 0. The minimum absolute atomic E-state index is 0.259. The molecule has 0 heterocycles. The minimum Gasteiger partial charge on any atom is -0.468 e. The molecule has 0 radical (unpaired) electrons. The Morgan fingerprint density at radius 3 is 2.71 bits per heavy atom. The van der Waals surface area contributed by atoms with E-state index in [1.54, 1.807) is 6.92 Å². The molecule has 0 aromatic rings. The third-order valence-corrected chi connectivity index (χ3v) is 1.60. The molecule has 0 spiro atoms. The van der Waals surface area contributed by atoms with E-state index in [0.717, 1.165) is 5.57 Å². The Morgan fingerprint density at radius 1 is 1.57 bits per heavy atom. The Kier molecular flexibility index (Phi) is 7.06. The monoisotopic (exact) mass is 201 g/mol. The zero-order valence-corrected chi connectivity index (χ0v) is 9.13. The lowest BCUT2D eigenvalue weighted by atomic mass is 10.3. The van der Waals surface area contributed by atoms with Gasteiger partial charge in [-0.2, -0.15) is 0 Å². The number of rotatable bonds is 7. The summed E-state index contributed by atoms with van der Waals surface area (Å²) < 4.78 is 9.80. The van der Waals surface area contributed by atoms with Gasteiger partial charge in [0.15, 0.2) is 0 Å².